The van der Waals surface area contributed by atoms with Crippen molar-refractivity contribution in [1.82, 2.24) is 4.90 Å². The number of nitrogens with zero attached hydrogens (tertiary/aromatic N) is 3. The predicted molar refractivity (Wildman–Crippen MR) is 204 cm³/mol. The fraction of sp³-hybridized carbons (Fsp3) is 0.325. The summed E-state index contributed by atoms with van der Waals surface area (Å²) in [5.74, 6) is -1.17. The standard InChI is InChI=1S/C40H44N4O9Si/c1-26-37(54(3,4)51)35(23-36(46)42(19-20-45)24-27-9-6-5-7-10-27)53-40(26)33-22-31(44(49)50)15-18-34(33)43(39(40)48)25-28-11-8-12-30(21-28)41-38(47)29-13-16-32(52-2)17-14-29/h5-18,21-22,26,35,37,45,51H,19-20,23-25H2,1-4H3,(H,41,47)/t26-,35+,37-,40+/m1/s1. The number of carbonyl (C=O) groups is 3. The number of non-ortho nitro benzene ring substituents is 1. The maximum atomic E-state index is 14.9. The van der Waals surface area contributed by atoms with Crippen LogP contribution < -0.4 is 15.0 Å². The molecule has 14 heteroatoms. The van der Waals surface area contributed by atoms with Crippen molar-refractivity contribution in [2.45, 2.75) is 56.8 Å². The number of rotatable bonds is 13. The molecule has 0 aliphatic carbocycles. The first kappa shape index (κ1) is 38.3. The maximum absolute atomic E-state index is 14.9. The van der Waals surface area contributed by atoms with E-state index in [4.69, 9.17) is 9.47 Å². The van der Waals surface area contributed by atoms with Gasteiger partial charge in [-0.3, -0.25) is 24.5 Å². The zero-order valence-corrected chi connectivity index (χ0v) is 31.6. The normalized spacial score (nSPS) is 20.5. The second-order valence-electron chi connectivity index (χ2n) is 14.3. The Morgan fingerprint density at radius 1 is 1.02 bits per heavy atom. The van der Waals surface area contributed by atoms with E-state index in [-0.39, 0.29) is 50.2 Å². The highest BCUT2D eigenvalue weighted by atomic mass is 28.4. The van der Waals surface area contributed by atoms with E-state index in [0.717, 1.165) is 5.56 Å². The molecule has 6 rings (SSSR count). The highest BCUT2D eigenvalue weighted by molar-refractivity contribution is 6.71. The average molecular weight is 753 g/mol. The van der Waals surface area contributed by atoms with Gasteiger partial charge in [0.15, 0.2) is 13.9 Å². The number of anilines is 2. The van der Waals surface area contributed by atoms with Gasteiger partial charge in [0.05, 0.1) is 43.4 Å². The van der Waals surface area contributed by atoms with Gasteiger partial charge in [-0.15, -0.1) is 0 Å². The minimum absolute atomic E-state index is 0.0449. The lowest BCUT2D eigenvalue weighted by molar-refractivity contribution is -0.385. The van der Waals surface area contributed by atoms with E-state index in [0.29, 0.717) is 33.8 Å². The molecule has 4 atom stereocenters. The summed E-state index contributed by atoms with van der Waals surface area (Å²) < 4.78 is 12.0. The van der Waals surface area contributed by atoms with Crippen molar-refractivity contribution in [2.75, 3.05) is 30.5 Å². The molecule has 1 saturated heterocycles. The Bertz CT molecular complexity index is 2040. The van der Waals surface area contributed by atoms with E-state index in [9.17, 15) is 34.4 Å². The lowest BCUT2D eigenvalue weighted by Crippen LogP contribution is -2.46. The first-order valence-electron chi connectivity index (χ1n) is 17.7. The van der Waals surface area contributed by atoms with Gasteiger partial charge in [-0.25, -0.2) is 0 Å². The quantitative estimate of drug-likeness (QED) is 0.0892. The van der Waals surface area contributed by atoms with Crippen LogP contribution in [0.4, 0.5) is 17.1 Å². The minimum Gasteiger partial charge on any atom is -0.497 e. The zero-order chi connectivity index (χ0) is 38.8. The van der Waals surface area contributed by atoms with Crippen LogP contribution in [0, 0.1) is 16.0 Å². The van der Waals surface area contributed by atoms with Gasteiger partial charge in [0.1, 0.15) is 5.75 Å². The highest BCUT2D eigenvalue weighted by Gasteiger charge is 2.66. The van der Waals surface area contributed by atoms with E-state index in [1.165, 1.54) is 28.0 Å². The summed E-state index contributed by atoms with van der Waals surface area (Å²) in [5, 5.41) is 24.8. The van der Waals surface area contributed by atoms with Crippen molar-refractivity contribution in [1.29, 1.82) is 0 Å². The number of nitro benzene ring substituents is 1. The van der Waals surface area contributed by atoms with Crippen LogP contribution in [0.3, 0.4) is 0 Å². The third-order valence-electron chi connectivity index (χ3n) is 10.4. The molecular weight excluding hydrogens is 709 g/mol. The molecule has 3 amide bonds. The predicted octanol–water partition coefficient (Wildman–Crippen LogP) is 5.61. The van der Waals surface area contributed by atoms with Crippen LogP contribution in [-0.4, -0.2) is 72.1 Å². The van der Waals surface area contributed by atoms with Crippen LogP contribution >= 0.6 is 0 Å². The molecule has 0 aromatic heterocycles. The molecule has 0 unspecified atom stereocenters. The van der Waals surface area contributed by atoms with Crippen LogP contribution in [0.2, 0.25) is 18.6 Å². The first-order valence-corrected chi connectivity index (χ1v) is 20.8. The molecule has 0 bridgehead atoms. The number of benzene rings is 4. The third-order valence-corrected chi connectivity index (χ3v) is 12.9. The van der Waals surface area contributed by atoms with Crippen molar-refractivity contribution in [3.8, 4) is 5.75 Å². The number of nitrogens with one attached hydrogen (secondary N) is 1. The number of methoxy groups -OCH3 is 1. The summed E-state index contributed by atoms with van der Waals surface area (Å²) in [6, 6.07) is 27.3. The molecule has 13 nitrogen and oxygen atoms in total. The molecule has 1 spiro atoms. The van der Waals surface area contributed by atoms with E-state index in [1.807, 2.05) is 36.4 Å². The molecular formula is C40H44N4O9Si. The fourth-order valence-electron chi connectivity index (χ4n) is 7.93. The number of nitro groups is 1. The van der Waals surface area contributed by atoms with Gasteiger partial charge in [-0.1, -0.05) is 49.4 Å². The van der Waals surface area contributed by atoms with E-state index < -0.39 is 42.3 Å². The number of ether oxygens (including phenoxy) is 2. The Labute approximate surface area is 314 Å². The minimum atomic E-state index is -3.17. The number of hydrogen-bond acceptors (Lipinski definition) is 9. The Morgan fingerprint density at radius 3 is 2.37 bits per heavy atom. The van der Waals surface area contributed by atoms with Gasteiger partial charge in [0.2, 0.25) is 5.91 Å². The summed E-state index contributed by atoms with van der Waals surface area (Å²) in [7, 11) is -1.63. The summed E-state index contributed by atoms with van der Waals surface area (Å²) in [6.45, 7) is 5.39. The summed E-state index contributed by atoms with van der Waals surface area (Å²) in [4.78, 5) is 68.1. The van der Waals surface area contributed by atoms with E-state index >= 15 is 0 Å². The van der Waals surface area contributed by atoms with Crippen molar-refractivity contribution in [2.24, 2.45) is 5.92 Å². The molecule has 4 aromatic rings. The molecule has 4 aromatic carbocycles. The fourth-order valence-corrected chi connectivity index (χ4v) is 10.5. The van der Waals surface area contributed by atoms with Crippen LogP contribution in [0.25, 0.3) is 0 Å². The van der Waals surface area contributed by atoms with E-state index in [1.54, 1.807) is 69.6 Å². The lowest BCUT2D eigenvalue weighted by Gasteiger charge is -2.32. The molecule has 2 heterocycles. The Hall–Kier alpha value is -5.41. The van der Waals surface area contributed by atoms with Crippen LogP contribution in [-0.2, 0) is 33.0 Å². The second-order valence-corrected chi connectivity index (χ2v) is 18.3. The SMILES string of the molecule is COc1ccc(C(=O)Nc2cccc(CN3C(=O)[C@@]4(O[C@@H](CC(=O)N(CCO)Cc5ccccc5)[C@H]([Si](C)(C)O)[C@H]4C)c4cc([N+](=O)[O-])ccc43)c2)cc1. The summed E-state index contributed by atoms with van der Waals surface area (Å²) in [5.41, 5.74) is 0.618. The number of aliphatic hydroxyl groups is 1. The molecule has 2 aliphatic rings. The maximum Gasteiger partial charge on any atom is 0.269 e. The highest BCUT2D eigenvalue weighted by Crippen LogP contribution is 2.60. The summed E-state index contributed by atoms with van der Waals surface area (Å²) in [6.07, 6.45) is -1.07. The number of carbonyl (C=O) groups excluding carboxylic acids is 3. The first-order chi connectivity index (χ1) is 25.8. The average Bonchev–Trinajstić information content (AvgIpc) is 3.57. The van der Waals surface area contributed by atoms with E-state index in [2.05, 4.69) is 5.32 Å². The largest absolute Gasteiger partial charge is 0.497 e. The van der Waals surface area contributed by atoms with Crippen LogP contribution in [0.5, 0.6) is 5.75 Å². The number of fused-ring (bicyclic) bond motifs is 2. The van der Waals surface area contributed by atoms with Gasteiger partial charge >= 0.3 is 0 Å². The molecule has 0 saturated carbocycles. The lowest BCUT2D eigenvalue weighted by atomic mass is 9.82. The zero-order valence-electron chi connectivity index (χ0n) is 30.6. The Morgan fingerprint density at radius 2 is 1.72 bits per heavy atom. The van der Waals surface area contributed by atoms with Gasteiger partial charge in [-0.05, 0) is 66.7 Å². The molecule has 54 heavy (non-hydrogen) atoms. The molecule has 282 valence electrons. The van der Waals surface area contributed by atoms with Gasteiger partial charge in [-0.2, -0.15) is 0 Å². The topological polar surface area (TPSA) is 172 Å². The monoisotopic (exact) mass is 752 g/mol. The Kier molecular flexibility index (Phi) is 11.0. The van der Waals surface area contributed by atoms with Crippen molar-refractivity contribution < 1.29 is 38.7 Å². The molecule has 0 radical (unpaired) electrons. The van der Waals surface area contributed by atoms with Crippen LogP contribution in [0.15, 0.2) is 97.1 Å². The third kappa shape index (κ3) is 7.50. The van der Waals surface area contributed by atoms with Gasteiger partial charge < -0.3 is 34.5 Å². The van der Waals surface area contributed by atoms with Crippen molar-refractivity contribution in [3.05, 3.63) is 129 Å². The number of hydrogen-bond donors (Lipinski definition) is 3. The summed E-state index contributed by atoms with van der Waals surface area (Å²) >= 11 is 0. The smallest absolute Gasteiger partial charge is 0.269 e. The molecule has 1 fully saturated rings. The van der Waals surface area contributed by atoms with Crippen molar-refractivity contribution >= 4 is 43.1 Å². The molecule has 2 aliphatic heterocycles. The second kappa shape index (κ2) is 15.5. The van der Waals surface area contributed by atoms with Gasteiger partial charge in [0, 0.05) is 53.5 Å². The number of amides is 3. The number of aliphatic hydroxyl groups excluding tert-OH is 1. The van der Waals surface area contributed by atoms with Crippen molar-refractivity contribution in [3.63, 3.8) is 0 Å². The molecule has 3 N–H and O–H groups in total. The Balaban J connectivity index is 1.32. The van der Waals surface area contributed by atoms with Crippen LogP contribution in [0.1, 0.15) is 40.4 Å². The van der Waals surface area contributed by atoms with Gasteiger partial charge in [0.25, 0.3) is 17.5 Å².